The second kappa shape index (κ2) is 7.41. The highest BCUT2D eigenvalue weighted by Gasteiger charge is 2.61. The van der Waals surface area contributed by atoms with Gasteiger partial charge in [-0.2, -0.15) is 0 Å². The van der Waals surface area contributed by atoms with E-state index in [0.29, 0.717) is 18.4 Å². The Hall–Kier alpha value is -2.04. The van der Waals surface area contributed by atoms with Gasteiger partial charge in [-0.15, -0.1) is 0 Å². The topological polar surface area (TPSA) is 64.6 Å². The first kappa shape index (κ1) is 19.3. The Morgan fingerprint density at radius 2 is 1.89 bits per heavy atom. The van der Waals surface area contributed by atoms with E-state index in [0.717, 1.165) is 44.3 Å². The van der Waals surface area contributed by atoms with Gasteiger partial charge in [0.05, 0.1) is 5.41 Å². The van der Waals surface area contributed by atoms with Crippen LogP contribution in [0.5, 0.6) is 5.75 Å². The number of carbonyl (C=O) groups excluding carboxylic acids is 2. The zero-order valence-corrected chi connectivity index (χ0v) is 17.0. The van der Waals surface area contributed by atoms with Crippen molar-refractivity contribution in [2.45, 2.75) is 64.3 Å². The molecule has 4 saturated carbocycles. The molecule has 2 atom stereocenters. The third-order valence-corrected chi connectivity index (χ3v) is 6.83. The van der Waals surface area contributed by atoms with E-state index >= 15 is 0 Å². The molecule has 4 aliphatic rings. The van der Waals surface area contributed by atoms with Crippen molar-refractivity contribution in [3.8, 4) is 5.75 Å². The first-order valence-electron chi connectivity index (χ1n) is 10.6. The summed E-state index contributed by atoms with van der Waals surface area (Å²) in [4.78, 5) is 24.8. The number of aryl methyl sites for hydroxylation is 1. The van der Waals surface area contributed by atoms with Crippen molar-refractivity contribution < 1.29 is 19.1 Å². The van der Waals surface area contributed by atoms with Gasteiger partial charge in [-0.25, -0.2) is 0 Å². The van der Waals surface area contributed by atoms with Gasteiger partial charge >= 0.3 is 5.97 Å². The molecule has 28 heavy (non-hydrogen) atoms. The van der Waals surface area contributed by atoms with Crippen LogP contribution in [0.2, 0.25) is 0 Å². The Kier molecular flexibility index (Phi) is 5.11. The Bertz CT molecular complexity index is 745. The number of rotatable bonds is 7. The Balaban J connectivity index is 1.34. The average molecular weight is 386 g/mol. The zero-order chi connectivity index (χ0) is 19.8. The van der Waals surface area contributed by atoms with Crippen molar-refractivity contribution in [2.24, 2.45) is 17.3 Å². The number of hydrogen-bond donors (Lipinski definition) is 1. The molecule has 5 rings (SSSR count). The molecule has 2 unspecified atom stereocenters. The van der Waals surface area contributed by atoms with Crippen LogP contribution in [0, 0.1) is 17.3 Å². The number of ether oxygens (including phenoxy) is 2. The van der Waals surface area contributed by atoms with Gasteiger partial charge in [-0.05, 0) is 74.5 Å². The minimum absolute atomic E-state index is 0.00757. The maximum atomic E-state index is 13.0. The van der Waals surface area contributed by atoms with Crippen LogP contribution in [0.25, 0.3) is 0 Å². The van der Waals surface area contributed by atoms with Crippen LogP contribution >= 0.6 is 0 Å². The van der Waals surface area contributed by atoms with Gasteiger partial charge < -0.3 is 14.8 Å². The fraction of sp³-hybridized carbons (Fsp3) is 0.652. The normalized spacial score (nSPS) is 32.8. The molecule has 0 heterocycles. The summed E-state index contributed by atoms with van der Waals surface area (Å²) in [5, 5.41) is 3.20. The van der Waals surface area contributed by atoms with Gasteiger partial charge in [-0.3, -0.25) is 9.59 Å². The summed E-state index contributed by atoms with van der Waals surface area (Å²) < 4.78 is 11.4. The van der Waals surface area contributed by atoms with Crippen molar-refractivity contribution in [3.63, 3.8) is 0 Å². The molecule has 0 saturated heterocycles. The largest absolute Gasteiger partial charge is 0.490 e. The van der Waals surface area contributed by atoms with Gasteiger partial charge in [0, 0.05) is 12.5 Å². The lowest BCUT2D eigenvalue weighted by Gasteiger charge is -2.60. The van der Waals surface area contributed by atoms with Crippen LogP contribution in [0.4, 0.5) is 0 Å². The molecule has 5 nitrogen and oxygen atoms in total. The standard InChI is InChI=1S/C23H31NO4/c1-3-17-5-4-6-20(10-17)27-7-8-28-21(26)22-11-18-9-19(12-22)14-23(13-18,15-22)24-16(2)25/h4-6,10,18-19H,3,7-9,11-15H2,1-2H3,(H,24,25). The fourth-order valence-corrected chi connectivity index (χ4v) is 6.32. The number of hydrogen-bond acceptors (Lipinski definition) is 4. The summed E-state index contributed by atoms with van der Waals surface area (Å²) in [5.41, 5.74) is 0.604. The van der Waals surface area contributed by atoms with Crippen LogP contribution in [0.1, 0.15) is 57.9 Å². The highest BCUT2D eigenvalue weighted by molar-refractivity contribution is 5.79. The summed E-state index contributed by atoms with van der Waals surface area (Å²) in [7, 11) is 0. The minimum atomic E-state index is -0.422. The van der Waals surface area contributed by atoms with Gasteiger partial charge in [0.1, 0.15) is 19.0 Å². The second-order valence-corrected chi connectivity index (χ2v) is 9.19. The molecule has 1 aromatic rings. The lowest BCUT2D eigenvalue weighted by atomic mass is 9.47. The molecule has 1 amide bonds. The van der Waals surface area contributed by atoms with E-state index in [2.05, 4.69) is 18.3 Å². The number of benzene rings is 1. The molecule has 0 aromatic heterocycles. The van der Waals surface area contributed by atoms with Crippen LogP contribution in [0.3, 0.4) is 0 Å². The van der Waals surface area contributed by atoms with E-state index in [1.807, 2.05) is 18.2 Å². The molecule has 4 aliphatic carbocycles. The molecule has 5 heteroatoms. The Labute approximate surface area is 167 Å². The van der Waals surface area contributed by atoms with Crippen molar-refractivity contribution in [3.05, 3.63) is 29.8 Å². The van der Waals surface area contributed by atoms with Gasteiger partial charge in [0.2, 0.25) is 5.91 Å². The summed E-state index contributed by atoms with van der Waals surface area (Å²) in [5.74, 6) is 1.77. The van der Waals surface area contributed by atoms with Crippen molar-refractivity contribution in [1.29, 1.82) is 0 Å². The molecular formula is C23H31NO4. The van der Waals surface area contributed by atoms with Crippen LogP contribution < -0.4 is 10.1 Å². The first-order chi connectivity index (χ1) is 13.4. The minimum Gasteiger partial charge on any atom is -0.490 e. The predicted octanol–water partition coefficient (Wildman–Crippen LogP) is 3.65. The van der Waals surface area contributed by atoms with E-state index in [4.69, 9.17) is 9.47 Å². The molecule has 4 fully saturated rings. The highest BCUT2D eigenvalue weighted by Crippen LogP contribution is 2.62. The van der Waals surface area contributed by atoms with Gasteiger partial charge in [0.25, 0.3) is 0 Å². The van der Waals surface area contributed by atoms with Crippen molar-refractivity contribution >= 4 is 11.9 Å². The van der Waals surface area contributed by atoms with Gasteiger partial charge in [-0.1, -0.05) is 19.1 Å². The number of esters is 1. The molecule has 1 N–H and O–H groups in total. The molecule has 0 spiro atoms. The van der Waals surface area contributed by atoms with E-state index < -0.39 is 5.41 Å². The van der Waals surface area contributed by atoms with Crippen molar-refractivity contribution in [1.82, 2.24) is 5.32 Å². The smallest absolute Gasteiger partial charge is 0.312 e. The third-order valence-electron chi connectivity index (χ3n) is 6.83. The maximum Gasteiger partial charge on any atom is 0.312 e. The van der Waals surface area contributed by atoms with Crippen LogP contribution in [0.15, 0.2) is 24.3 Å². The van der Waals surface area contributed by atoms with E-state index in [1.54, 1.807) is 6.92 Å². The van der Waals surface area contributed by atoms with Crippen LogP contribution in [-0.2, 0) is 20.7 Å². The molecule has 0 radical (unpaired) electrons. The Morgan fingerprint density at radius 1 is 1.14 bits per heavy atom. The third kappa shape index (κ3) is 3.76. The molecular weight excluding hydrogens is 354 g/mol. The summed E-state index contributed by atoms with van der Waals surface area (Å²) in [6, 6.07) is 8.01. The average Bonchev–Trinajstić information content (AvgIpc) is 2.63. The molecule has 4 bridgehead atoms. The lowest BCUT2D eigenvalue weighted by molar-refractivity contribution is -0.176. The first-order valence-corrected chi connectivity index (χ1v) is 10.6. The van der Waals surface area contributed by atoms with Gasteiger partial charge in [0.15, 0.2) is 0 Å². The second-order valence-electron chi connectivity index (χ2n) is 9.19. The van der Waals surface area contributed by atoms with Crippen molar-refractivity contribution in [2.75, 3.05) is 13.2 Å². The molecule has 1 aromatic carbocycles. The SMILES string of the molecule is CCc1cccc(OCCOC(=O)C23CC4CC(CC(NC(C)=O)(C4)C2)C3)c1. The summed E-state index contributed by atoms with van der Waals surface area (Å²) in [6.45, 7) is 4.31. The predicted molar refractivity (Wildman–Crippen MR) is 106 cm³/mol. The Morgan fingerprint density at radius 3 is 2.57 bits per heavy atom. The number of nitrogens with one attached hydrogen (secondary N) is 1. The number of amides is 1. The van der Waals surface area contributed by atoms with Crippen LogP contribution in [-0.4, -0.2) is 30.6 Å². The fourth-order valence-electron chi connectivity index (χ4n) is 6.32. The van der Waals surface area contributed by atoms with E-state index in [-0.39, 0.29) is 24.0 Å². The highest BCUT2D eigenvalue weighted by atomic mass is 16.6. The zero-order valence-electron chi connectivity index (χ0n) is 17.0. The summed E-state index contributed by atoms with van der Waals surface area (Å²) in [6.07, 6.45) is 6.71. The summed E-state index contributed by atoms with van der Waals surface area (Å²) >= 11 is 0. The van der Waals surface area contributed by atoms with E-state index in [9.17, 15) is 9.59 Å². The quantitative estimate of drug-likeness (QED) is 0.575. The lowest BCUT2D eigenvalue weighted by Crippen LogP contribution is -2.64. The monoisotopic (exact) mass is 385 g/mol. The number of carbonyl (C=O) groups is 2. The van der Waals surface area contributed by atoms with E-state index in [1.165, 1.54) is 12.0 Å². The molecule has 0 aliphatic heterocycles. The molecule has 152 valence electrons. The maximum absolute atomic E-state index is 13.0.